The van der Waals surface area contributed by atoms with Crippen LogP contribution < -0.4 is 15.8 Å². The van der Waals surface area contributed by atoms with E-state index in [1.165, 1.54) is 0 Å². The smallest absolute Gasteiger partial charge is 0.238 e. The van der Waals surface area contributed by atoms with Gasteiger partial charge in [-0.25, -0.2) is 0 Å². The highest BCUT2D eigenvalue weighted by atomic mass is 16.5. The number of nitrogens with zero attached hydrogens (tertiary/aromatic N) is 1. The van der Waals surface area contributed by atoms with E-state index < -0.39 is 0 Å². The van der Waals surface area contributed by atoms with Crippen molar-refractivity contribution in [3.63, 3.8) is 0 Å². The normalized spacial score (nSPS) is 10.6. The van der Waals surface area contributed by atoms with Crippen LogP contribution in [0.2, 0.25) is 0 Å². The van der Waals surface area contributed by atoms with Gasteiger partial charge in [0.25, 0.3) is 0 Å². The van der Waals surface area contributed by atoms with Crippen molar-refractivity contribution in [3.05, 3.63) is 42.4 Å². The molecular weight excluding hydrogens is 270 g/mol. The first-order valence-electron chi connectivity index (χ1n) is 6.53. The summed E-state index contributed by atoms with van der Waals surface area (Å²) < 4.78 is 10.4. The molecule has 0 spiro atoms. The topological polar surface area (TPSA) is 80.7 Å². The van der Waals surface area contributed by atoms with E-state index >= 15 is 0 Å². The van der Waals surface area contributed by atoms with Gasteiger partial charge >= 0.3 is 0 Å². The first-order valence-corrected chi connectivity index (χ1v) is 6.53. The third kappa shape index (κ3) is 4.25. The van der Waals surface area contributed by atoms with Gasteiger partial charge in [0.2, 0.25) is 5.91 Å². The standard InChI is InChI=1S/C15H19N3O3/c1-18(9-12-4-3-7-21-12)10-15(19)17-13-8-11(16)5-6-14(13)20-2/h3-8H,9-10,16H2,1-2H3,(H,17,19). The lowest BCUT2D eigenvalue weighted by Crippen LogP contribution is -2.29. The molecule has 1 heterocycles. The zero-order chi connectivity index (χ0) is 15.2. The molecule has 0 saturated carbocycles. The number of ether oxygens (including phenoxy) is 1. The Labute approximate surface area is 123 Å². The molecule has 3 N–H and O–H groups in total. The van der Waals surface area contributed by atoms with Gasteiger partial charge in [-0.05, 0) is 37.4 Å². The highest BCUT2D eigenvalue weighted by Crippen LogP contribution is 2.26. The van der Waals surface area contributed by atoms with Crippen LogP contribution in [0, 0.1) is 0 Å². The molecule has 6 heteroatoms. The minimum atomic E-state index is -0.145. The second kappa shape index (κ2) is 6.81. The number of nitrogen functional groups attached to an aromatic ring is 1. The third-order valence-electron chi connectivity index (χ3n) is 2.92. The van der Waals surface area contributed by atoms with E-state index in [2.05, 4.69) is 5.32 Å². The predicted molar refractivity (Wildman–Crippen MR) is 81.1 cm³/mol. The molecule has 2 aromatic rings. The molecule has 0 radical (unpaired) electrons. The quantitative estimate of drug-likeness (QED) is 0.794. The second-order valence-electron chi connectivity index (χ2n) is 4.76. The Morgan fingerprint density at radius 2 is 2.24 bits per heavy atom. The van der Waals surface area contributed by atoms with Crippen molar-refractivity contribution in [2.45, 2.75) is 6.54 Å². The largest absolute Gasteiger partial charge is 0.495 e. The fourth-order valence-corrected chi connectivity index (χ4v) is 1.98. The van der Waals surface area contributed by atoms with Crippen molar-refractivity contribution >= 4 is 17.3 Å². The molecule has 0 bridgehead atoms. The predicted octanol–water partition coefficient (Wildman–Crippen LogP) is 1.94. The molecule has 0 saturated heterocycles. The molecule has 1 aromatic carbocycles. The monoisotopic (exact) mass is 289 g/mol. The Balaban J connectivity index is 1.93. The maximum atomic E-state index is 12.1. The number of carbonyl (C=O) groups excluding carboxylic acids is 1. The van der Waals surface area contributed by atoms with Crippen LogP contribution in [0.15, 0.2) is 41.0 Å². The molecule has 0 aliphatic rings. The molecule has 21 heavy (non-hydrogen) atoms. The minimum absolute atomic E-state index is 0.145. The maximum Gasteiger partial charge on any atom is 0.238 e. The summed E-state index contributed by atoms with van der Waals surface area (Å²) in [7, 11) is 3.39. The van der Waals surface area contributed by atoms with Crippen molar-refractivity contribution in [1.82, 2.24) is 4.90 Å². The first-order chi connectivity index (χ1) is 10.1. The minimum Gasteiger partial charge on any atom is -0.495 e. The molecular formula is C15H19N3O3. The lowest BCUT2D eigenvalue weighted by atomic mass is 10.2. The van der Waals surface area contributed by atoms with Crippen molar-refractivity contribution in [2.24, 2.45) is 0 Å². The zero-order valence-corrected chi connectivity index (χ0v) is 12.1. The number of benzene rings is 1. The van der Waals surface area contributed by atoms with E-state index in [9.17, 15) is 4.79 Å². The van der Waals surface area contributed by atoms with Crippen LogP contribution in [0.25, 0.3) is 0 Å². The zero-order valence-electron chi connectivity index (χ0n) is 12.1. The van der Waals surface area contributed by atoms with Gasteiger partial charge in [-0.1, -0.05) is 0 Å². The van der Waals surface area contributed by atoms with E-state index in [1.54, 1.807) is 31.6 Å². The van der Waals surface area contributed by atoms with Gasteiger partial charge < -0.3 is 20.2 Å². The number of likely N-dealkylation sites (N-methyl/N-ethyl adjacent to an activating group) is 1. The molecule has 0 atom stereocenters. The number of nitrogens with two attached hydrogens (primary N) is 1. The van der Waals surface area contributed by atoms with E-state index in [-0.39, 0.29) is 12.5 Å². The number of rotatable bonds is 6. The van der Waals surface area contributed by atoms with Crippen molar-refractivity contribution in [1.29, 1.82) is 0 Å². The van der Waals surface area contributed by atoms with Gasteiger partial charge in [0.05, 0.1) is 32.1 Å². The van der Waals surface area contributed by atoms with Crippen LogP contribution in [-0.2, 0) is 11.3 Å². The lowest BCUT2D eigenvalue weighted by Gasteiger charge is -2.16. The van der Waals surface area contributed by atoms with Crippen LogP contribution in [0.5, 0.6) is 5.75 Å². The van der Waals surface area contributed by atoms with Crippen molar-refractivity contribution < 1.29 is 13.9 Å². The summed E-state index contributed by atoms with van der Waals surface area (Å²) >= 11 is 0. The fraction of sp³-hybridized carbons (Fsp3) is 0.267. The van der Waals surface area contributed by atoms with Crippen molar-refractivity contribution in [3.8, 4) is 5.75 Å². The molecule has 112 valence electrons. The molecule has 0 unspecified atom stereocenters. The van der Waals surface area contributed by atoms with E-state index in [4.69, 9.17) is 14.9 Å². The Hall–Kier alpha value is -2.47. The van der Waals surface area contributed by atoms with E-state index in [0.717, 1.165) is 5.76 Å². The van der Waals surface area contributed by atoms with Gasteiger partial charge in [0.1, 0.15) is 11.5 Å². The third-order valence-corrected chi connectivity index (χ3v) is 2.92. The van der Waals surface area contributed by atoms with Gasteiger partial charge in [-0.3, -0.25) is 9.69 Å². The van der Waals surface area contributed by atoms with Crippen LogP contribution in [-0.4, -0.2) is 31.5 Å². The van der Waals surface area contributed by atoms with E-state index in [1.807, 2.05) is 24.1 Å². The first kappa shape index (κ1) is 14.9. The molecule has 2 rings (SSSR count). The summed E-state index contributed by atoms with van der Waals surface area (Å²) in [6, 6.07) is 8.80. The number of hydrogen-bond donors (Lipinski definition) is 2. The SMILES string of the molecule is COc1ccc(N)cc1NC(=O)CN(C)Cc1ccco1. The summed E-state index contributed by atoms with van der Waals surface area (Å²) in [5, 5.41) is 2.80. The summed E-state index contributed by atoms with van der Waals surface area (Å²) in [5.74, 6) is 1.24. The lowest BCUT2D eigenvalue weighted by molar-refractivity contribution is -0.117. The maximum absolute atomic E-state index is 12.1. The molecule has 0 aliphatic heterocycles. The van der Waals surface area contributed by atoms with Crippen LogP contribution in [0.1, 0.15) is 5.76 Å². The van der Waals surface area contributed by atoms with Gasteiger partial charge in [-0.15, -0.1) is 0 Å². The summed E-state index contributed by atoms with van der Waals surface area (Å²) in [6.07, 6.45) is 1.61. The molecule has 1 amide bonds. The van der Waals surface area contributed by atoms with Crippen LogP contribution >= 0.6 is 0 Å². The number of furan rings is 1. The Morgan fingerprint density at radius 1 is 1.43 bits per heavy atom. The number of amides is 1. The number of methoxy groups -OCH3 is 1. The van der Waals surface area contributed by atoms with E-state index in [0.29, 0.717) is 23.7 Å². The highest BCUT2D eigenvalue weighted by molar-refractivity contribution is 5.94. The Kier molecular flexibility index (Phi) is 4.84. The highest BCUT2D eigenvalue weighted by Gasteiger charge is 2.11. The number of anilines is 2. The second-order valence-corrected chi connectivity index (χ2v) is 4.76. The summed E-state index contributed by atoms with van der Waals surface area (Å²) in [6.45, 7) is 0.799. The van der Waals surface area contributed by atoms with Crippen LogP contribution in [0.4, 0.5) is 11.4 Å². The van der Waals surface area contributed by atoms with Gasteiger partial charge in [0.15, 0.2) is 0 Å². The number of carbonyl (C=O) groups is 1. The molecule has 0 fully saturated rings. The molecule has 0 aliphatic carbocycles. The molecule has 6 nitrogen and oxygen atoms in total. The van der Waals surface area contributed by atoms with Gasteiger partial charge in [-0.2, -0.15) is 0 Å². The Morgan fingerprint density at radius 3 is 2.90 bits per heavy atom. The van der Waals surface area contributed by atoms with Crippen LogP contribution in [0.3, 0.4) is 0 Å². The summed E-state index contributed by atoms with van der Waals surface area (Å²) in [4.78, 5) is 13.9. The fourth-order valence-electron chi connectivity index (χ4n) is 1.98. The molecule has 1 aromatic heterocycles. The average Bonchev–Trinajstić information content (AvgIpc) is 2.91. The van der Waals surface area contributed by atoms with Gasteiger partial charge in [0, 0.05) is 5.69 Å². The number of nitrogens with one attached hydrogen (secondary N) is 1. The number of hydrogen-bond acceptors (Lipinski definition) is 5. The van der Waals surface area contributed by atoms with Crippen molar-refractivity contribution in [2.75, 3.05) is 31.8 Å². The summed E-state index contributed by atoms with van der Waals surface area (Å²) in [5.41, 5.74) is 6.85. The average molecular weight is 289 g/mol. The Bertz CT molecular complexity index is 596.